The molecule has 20 heavy (non-hydrogen) atoms. The molecule has 0 atom stereocenters. The van der Waals surface area contributed by atoms with E-state index >= 15 is 0 Å². The van der Waals surface area contributed by atoms with Crippen LogP contribution >= 0.6 is 0 Å². The van der Waals surface area contributed by atoms with Crippen LogP contribution in [0.3, 0.4) is 0 Å². The highest BCUT2D eigenvalue weighted by atomic mass is 19.1. The molecule has 3 rings (SSSR count). The minimum atomic E-state index is -0.611. The zero-order valence-electron chi connectivity index (χ0n) is 10.2. The van der Waals surface area contributed by atoms with Crippen LogP contribution in [0.15, 0.2) is 45.7 Å². The van der Waals surface area contributed by atoms with E-state index in [1.807, 2.05) is 6.07 Å². The largest absolute Gasteiger partial charge is 0.421 e. The molecular formula is C14H8FN3O2. The molecule has 0 aliphatic carbocycles. The van der Waals surface area contributed by atoms with Crippen LogP contribution in [0.1, 0.15) is 11.1 Å². The number of hydrogen-bond donors (Lipinski definition) is 0. The van der Waals surface area contributed by atoms with E-state index in [2.05, 4.69) is 4.98 Å². The summed E-state index contributed by atoms with van der Waals surface area (Å²) in [5.41, 5.74) is 1.25. The van der Waals surface area contributed by atoms with Gasteiger partial charge in [0.1, 0.15) is 5.82 Å². The standard InChI is InChI=1S/C14H8FN3O2/c15-11-4-3-9(7-16)6-10(11)8-18-13-12(20-14(18)19)2-1-5-17-13/h1-6H,8H2. The third-order valence-corrected chi connectivity index (χ3v) is 2.93. The van der Waals surface area contributed by atoms with Crippen molar-refractivity contribution in [3.63, 3.8) is 0 Å². The maximum Gasteiger partial charge on any atom is 0.421 e. The number of rotatable bonds is 2. The normalized spacial score (nSPS) is 10.6. The molecule has 1 aromatic carbocycles. The fourth-order valence-corrected chi connectivity index (χ4v) is 1.98. The molecule has 0 radical (unpaired) electrons. The Balaban J connectivity index is 2.12. The molecule has 0 bridgehead atoms. The van der Waals surface area contributed by atoms with Crippen molar-refractivity contribution in [1.82, 2.24) is 9.55 Å². The number of aromatic nitrogens is 2. The van der Waals surface area contributed by atoms with Crippen molar-refractivity contribution in [2.75, 3.05) is 0 Å². The Morgan fingerprint density at radius 2 is 2.25 bits per heavy atom. The Morgan fingerprint density at radius 1 is 1.40 bits per heavy atom. The van der Waals surface area contributed by atoms with Gasteiger partial charge in [-0.05, 0) is 30.3 Å². The van der Waals surface area contributed by atoms with Crippen LogP contribution < -0.4 is 5.76 Å². The first-order valence-electron chi connectivity index (χ1n) is 5.82. The average molecular weight is 269 g/mol. The lowest BCUT2D eigenvalue weighted by molar-refractivity contribution is 0.512. The van der Waals surface area contributed by atoms with Crippen molar-refractivity contribution in [3.05, 3.63) is 64.0 Å². The molecule has 5 nitrogen and oxygen atoms in total. The summed E-state index contributed by atoms with van der Waals surface area (Å²) >= 11 is 0. The number of fused-ring (bicyclic) bond motifs is 1. The van der Waals surface area contributed by atoms with Gasteiger partial charge in [-0.15, -0.1) is 0 Å². The third kappa shape index (κ3) is 1.95. The molecule has 98 valence electrons. The number of halogens is 1. The Bertz CT molecular complexity index is 889. The van der Waals surface area contributed by atoms with Gasteiger partial charge in [-0.25, -0.2) is 14.2 Å². The average Bonchev–Trinajstić information content (AvgIpc) is 2.77. The third-order valence-electron chi connectivity index (χ3n) is 2.93. The van der Waals surface area contributed by atoms with Crippen LogP contribution in [0, 0.1) is 17.1 Å². The monoisotopic (exact) mass is 269 g/mol. The Morgan fingerprint density at radius 3 is 3.05 bits per heavy atom. The molecule has 3 aromatic rings. The first kappa shape index (κ1) is 12.1. The first-order chi connectivity index (χ1) is 9.69. The van der Waals surface area contributed by atoms with Crippen molar-refractivity contribution < 1.29 is 8.81 Å². The van der Waals surface area contributed by atoms with Gasteiger partial charge in [0.15, 0.2) is 11.2 Å². The highest BCUT2D eigenvalue weighted by Gasteiger charge is 2.12. The molecule has 0 spiro atoms. The van der Waals surface area contributed by atoms with E-state index < -0.39 is 11.6 Å². The van der Waals surface area contributed by atoms with E-state index in [4.69, 9.17) is 9.68 Å². The smallest absolute Gasteiger partial charge is 0.406 e. The van der Waals surface area contributed by atoms with Gasteiger partial charge in [-0.3, -0.25) is 4.57 Å². The highest BCUT2D eigenvalue weighted by molar-refractivity contribution is 5.67. The summed E-state index contributed by atoms with van der Waals surface area (Å²) in [6.45, 7) is -0.0375. The Hall–Kier alpha value is -2.94. The van der Waals surface area contributed by atoms with Crippen LogP contribution in [0.5, 0.6) is 0 Å². The Labute approximate surface area is 112 Å². The summed E-state index contributed by atoms with van der Waals surface area (Å²) in [6.07, 6.45) is 1.52. The second-order valence-electron chi connectivity index (χ2n) is 4.20. The molecular weight excluding hydrogens is 261 g/mol. The molecule has 0 saturated heterocycles. The first-order valence-corrected chi connectivity index (χ1v) is 5.82. The second-order valence-corrected chi connectivity index (χ2v) is 4.20. The van der Waals surface area contributed by atoms with Crippen molar-refractivity contribution in [2.45, 2.75) is 6.54 Å². The zero-order chi connectivity index (χ0) is 14.1. The van der Waals surface area contributed by atoms with E-state index in [-0.39, 0.29) is 12.1 Å². The molecule has 6 heteroatoms. The number of hydrogen-bond acceptors (Lipinski definition) is 4. The van der Waals surface area contributed by atoms with E-state index in [0.717, 1.165) is 0 Å². The van der Waals surface area contributed by atoms with Crippen molar-refractivity contribution in [1.29, 1.82) is 5.26 Å². The minimum absolute atomic E-state index is 0.0375. The molecule has 0 unspecified atom stereocenters. The molecule has 2 aromatic heterocycles. The minimum Gasteiger partial charge on any atom is -0.406 e. The number of nitriles is 1. The van der Waals surface area contributed by atoms with Crippen LogP contribution in [0.4, 0.5) is 4.39 Å². The van der Waals surface area contributed by atoms with Gasteiger partial charge in [0.05, 0.1) is 18.2 Å². The van der Waals surface area contributed by atoms with Crippen molar-refractivity contribution in [3.8, 4) is 6.07 Å². The van der Waals surface area contributed by atoms with Gasteiger partial charge in [-0.2, -0.15) is 5.26 Å². The summed E-state index contributed by atoms with van der Waals surface area (Å²) in [5, 5.41) is 8.83. The molecule has 2 heterocycles. The molecule has 0 N–H and O–H groups in total. The lowest BCUT2D eigenvalue weighted by Gasteiger charge is -2.04. The quantitative estimate of drug-likeness (QED) is 0.713. The maximum absolute atomic E-state index is 13.8. The highest BCUT2D eigenvalue weighted by Crippen LogP contribution is 2.14. The molecule has 0 aliphatic rings. The van der Waals surface area contributed by atoms with Gasteiger partial charge in [-0.1, -0.05) is 0 Å². The summed E-state index contributed by atoms with van der Waals surface area (Å²) in [5.74, 6) is -1.10. The van der Waals surface area contributed by atoms with Crippen LogP contribution in [-0.2, 0) is 6.54 Å². The van der Waals surface area contributed by atoms with Crippen LogP contribution in [0.25, 0.3) is 11.2 Å². The predicted molar refractivity (Wildman–Crippen MR) is 68.5 cm³/mol. The van der Waals surface area contributed by atoms with Gasteiger partial charge in [0.25, 0.3) is 0 Å². The summed E-state index contributed by atoms with van der Waals surface area (Å²) < 4.78 is 20.0. The summed E-state index contributed by atoms with van der Waals surface area (Å²) in [4.78, 5) is 15.8. The van der Waals surface area contributed by atoms with E-state index in [1.54, 1.807) is 12.1 Å². The lowest BCUT2D eigenvalue weighted by atomic mass is 10.1. The molecule has 0 fully saturated rings. The molecule has 0 aliphatic heterocycles. The lowest BCUT2D eigenvalue weighted by Crippen LogP contribution is -2.16. The van der Waals surface area contributed by atoms with Crippen molar-refractivity contribution >= 4 is 11.2 Å². The number of nitrogens with zero attached hydrogens (tertiary/aromatic N) is 3. The van der Waals surface area contributed by atoms with Gasteiger partial charge in [0, 0.05) is 11.8 Å². The zero-order valence-corrected chi connectivity index (χ0v) is 10.2. The maximum atomic E-state index is 13.8. The topological polar surface area (TPSA) is 71.8 Å². The van der Waals surface area contributed by atoms with Crippen LogP contribution in [0.2, 0.25) is 0 Å². The van der Waals surface area contributed by atoms with Gasteiger partial charge < -0.3 is 4.42 Å². The predicted octanol–water partition coefficient (Wildman–Crippen LogP) is 2.05. The number of oxazole rings is 1. The van der Waals surface area contributed by atoms with E-state index in [1.165, 1.54) is 29.0 Å². The summed E-state index contributed by atoms with van der Waals surface area (Å²) in [7, 11) is 0. The molecule has 0 saturated carbocycles. The summed E-state index contributed by atoms with van der Waals surface area (Å²) in [6, 6.07) is 9.18. The number of pyridine rings is 1. The SMILES string of the molecule is N#Cc1ccc(F)c(Cn2c(=O)oc3cccnc32)c1. The fraction of sp³-hybridized carbons (Fsp3) is 0.0714. The van der Waals surface area contributed by atoms with Crippen molar-refractivity contribution in [2.24, 2.45) is 0 Å². The Kier molecular flexibility index (Phi) is 2.80. The number of benzene rings is 1. The second kappa shape index (κ2) is 4.63. The molecule has 0 amide bonds. The fourth-order valence-electron chi connectivity index (χ4n) is 1.98. The van der Waals surface area contributed by atoms with Gasteiger partial charge in [0.2, 0.25) is 0 Å². The van der Waals surface area contributed by atoms with E-state index in [9.17, 15) is 9.18 Å². The van der Waals surface area contributed by atoms with E-state index in [0.29, 0.717) is 16.8 Å². The van der Waals surface area contributed by atoms with Gasteiger partial charge >= 0.3 is 5.76 Å². The van der Waals surface area contributed by atoms with Crippen LogP contribution in [-0.4, -0.2) is 9.55 Å².